The van der Waals surface area contributed by atoms with Gasteiger partial charge in [0.1, 0.15) is 11.5 Å². The Morgan fingerprint density at radius 2 is 2.32 bits per heavy atom. The van der Waals surface area contributed by atoms with Crippen LogP contribution in [0.2, 0.25) is 0 Å². The number of carbonyl (C=O) groups excluding carboxylic acids is 3. The fourth-order valence-corrected chi connectivity index (χ4v) is 3.80. The molecule has 22 heavy (non-hydrogen) atoms. The van der Waals surface area contributed by atoms with Crippen molar-refractivity contribution >= 4 is 29.3 Å². The zero-order valence-electron chi connectivity index (χ0n) is 12.3. The first-order valence-electron chi connectivity index (χ1n) is 7.30. The van der Waals surface area contributed by atoms with Crippen LogP contribution in [0.25, 0.3) is 0 Å². The van der Waals surface area contributed by atoms with Crippen molar-refractivity contribution in [3.8, 4) is 0 Å². The van der Waals surface area contributed by atoms with Crippen molar-refractivity contribution in [3.63, 3.8) is 0 Å². The van der Waals surface area contributed by atoms with E-state index in [9.17, 15) is 14.4 Å². The van der Waals surface area contributed by atoms with Crippen molar-refractivity contribution in [1.29, 1.82) is 0 Å². The summed E-state index contributed by atoms with van der Waals surface area (Å²) in [5.74, 6) is -0.424. The standard InChI is InChI=1S/C15H17NO5S/c1-9-2-3-11-10(6-9)7-12(22-11)14(18)21-8-13(17)16-4-5-20-15(16)19/h7,9H,2-6,8H2,1H3/t9-/m0/s1. The van der Waals surface area contributed by atoms with Gasteiger partial charge in [0.2, 0.25) is 0 Å². The molecule has 0 bridgehead atoms. The first-order chi connectivity index (χ1) is 10.5. The van der Waals surface area contributed by atoms with Gasteiger partial charge < -0.3 is 9.47 Å². The molecular weight excluding hydrogens is 306 g/mol. The Kier molecular flexibility index (Phi) is 4.15. The number of carbonyl (C=O) groups is 3. The van der Waals surface area contributed by atoms with Gasteiger partial charge in [-0.2, -0.15) is 0 Å². The van der Waals surface area contributed by atoms with Crippen LogP contribution in [0.5, 0.6) is 0 Å². The molecule has 3 rings (SSSR count). The quantitative estimate of drug-likeness (QED) is 0.796. The van der Waals surface area contributed by atoms with Crippen LogP contribution in [0.4, 0.5) is 4.79 Å². The largest absolute Gasteiger partial charge is 0.451 e. The second-order valence-electron chi connectivity index (χ2n) is 5.64. The number of nitrogens with zero attached hydrogens (tertiary/aromatic N) is 1. The van der Waals surface area contributed by atoms with E-state index in [1.165, 1.54) is 21.8 Å². The Morgan fingerprint density at radius 3 is 3.05 bits per heavy atom. The van der Waals surface area contributed by atoms with E-state index in [2.05, 4.69) is 11.7 Å². The van der Waals surface area contributed by atoms with E-state index in [0.717, 1.165) is 24.2 Å². The van der Waals surface area contributed by atoms with Gasteiger partial charge >= 0.3 is 12.1 Å². The molecule has 1 atom stereocenters. The Hall–Kier alpha value is -1.89. The fourth-order valence-electron chi connectivity index (χ4n) is 2.70. The van der Waals surface area contributed by atoms with Gasteiger partial charge in [0.15, 0.2) is 6.61 Å². The molecule has 0 spiro atoms. The Labute approximate surface area is 132 Å². The van der Waals surface area contributed by atoms with Crippen LogP contribution in [0.3, 0.4) is 0 Å². The lowest BCUT2D eigenvalue weighted by atomic mass is 9.90. The monoisotopic (exact) mass is 323 g/mol. The predicted octanol–water partition coefficient (Wildman–Crippen LogP) is 2.01. The van der Waals surface area contributed by atoms with E-state index >= 15 is 0 Å². The average molecular weight is 323 g/mol. The van der Waals surface area contributed by atoms with Crippen molar-refractivity contribution in [2.45, 2.75) is 26.2 Å². The van der Waals surface area contributed by atoms with Crippen molar-refractivity contribution < 1.29 is 23.9 Å². The number of thiophene rings is 1. The SMILES string of the molecule is C[C@H]1CCc2sc(C(=O)OCC(=O)N3CCOC3=O)cc2C1. The molecule has 1 saturated heterocycles. The summed E-state index contributed by atoms with van der Waals surface area (Å²) in [5, 5.41) is 0. The zero-order valence-corrected chi connectivity index (χ0v) is 13.1. The van der Waals surface area contributed by atoms with E-state index in [0.29, 0.717) is 10.8 Å². The zero-order chi connectivity index (χ0) is 15.7. The normalized spacial score (nSPS) is 20.5. The lowest BCUT2D eigenvalue weighted by Gasteiger charge is -2.16. The molecule has 2 amide bonds. The maximum atomic E-state index is 12.0. The van der Waals surface area contributed by atoms with E-state index in [1.54, 1.807) is 0 Å². The van der Waals surface area contributed by atoms with E-state index in [-0.39, 0.29) is 13.2 Å². The van der Waals surface area contributed by atoms with E-state index < -0.39 is 24.6 Å². The lowest BCUT2D eigenvalue weighted by Crippen LogP contribution is -2.35. The number of hydrogen-bond acceptors (Lipinski definition) is 6. The topological polar surface area (TPSA) is 72.9 Å². The van der Waals surface area contributed by atoms with Gasteiger partial charge in [0.25, 0.3) is 5.91 Å². The highest BCUT2D eigenvalue weighted by Crippen LogP contribution is 2.32. The number of fused-ring (bicyclic) bond motifs is 1. The van der Waals surface area contributed by atoms with Gasteiger partial charge in [-0.3, -0.25) is 4.79 Å². The molecule has 0 unspecified atom stereocenters. The van der Waals surface area contributed by atoms with Crippen molar-refractivity contribution in [2.24, 2.45) is 5.92 Å². The third kappa shape index (κ3) is 2.99. The van der Waals surface area contributed by atoms with Crippen LogP contribution >= 0.6 is 11.3 Å². The van der Waals surface area contributed by atoms with Gasteiger partial charge in [-0.25, -0.2) is 14.5 Å². The molecule has 0 radical (unpaired) electrons. The Bertz CT molecular complexity index is 623. The number of rotatable bonds is 3. The average Bonchev–Trinajstić information content (AvgIpc) is 3.09. The molecule has 6 nitrogen and oxygen atoms in total. The van der Waals surface area contributed by atoms with Crippen LogP contribution in [0.1, 0.15) is 33.5 Å². The molecule has 0 aromatic carbocycles. The number of amides is 2. The molecular formula is C15H17NO5S. The molecule has 7 heteroatoms. The highest BCUT2D eigenvalue weighted by molar-refractivity contribution is 7.14. The van der Waals surface area contributed by atoms with E-state index in [1.807, 2.05) is 6.07 Å². The van der Waals surface area contributed by atoms with E-state index in [4.69, 9.17) is 4.74 Å². The second kappa shape index (κ2) is 6.08. The van der Waals surface area contributed by atoms with Crippen molar-refractivity contribution in [1.82, 2.24) is 4.90 Å². The summed E-state index contributed by atoms with van der Waals surface area (Å²) in [6.45, 7) is 2.16. The number of ether oxygens (including phenoxy) is 2. The summed E-state index contributed by atoms with van der Waals surface area (Å²) in [7, 11) is 0. The van der Waals surface area contributed by atoms with Crippen LogP contribution in [-0.2, 0) is 27.1 Å². The maximum Gasteiger partial charge on any atom is 0.416 e. The van der Waals surface area contributed by atoms with Gasteiger partial charge in [-0.1, -0.05) is 6.92 Å². The van der Waals surface area contributed by atoms with Gasteiger partial charge in [-0.05, 0) is 36.8 Å². The Morgan fingerprint density at radius 1 is 1.50 bits per heavy atom. The van der Waals surface area contributed by atoms with Gasteiger partial charge in [0, 0.05) is 4.88 Å². The molecule has 1 fully saturated rings. The minimum Gasteiger partial charge on any atom is -0.451 e. The first-order valence-corrected chi connectivity index (χ1v) is 8.12. The molecule has 1 aliphatic carbocycles. The number of esters is 1. The predicted molar refractivity (Wildman–Crippen MR) is 78.9 cm³/mol. The molecule has 0 N–H and O–H groups in total. The molecule has 118 valence electrons. The number of aryl methyl sites for hydroxylation is 1. The molecule has 2 heterocycles. The molecule has 0 saturated carbocycles. The summed E-state index contributed by atoms with van der Waals surface area (Å²) >= 11 is 1.44. The van der Waals surface area contributed by atoms with Gasteiger partial charge in [-0.15, -0.1) is 11.3 Å². The number of cyclic esters (lactones) is 1. The fraction of sp³-hybridized carbons (Fsp3) is 0.533. The summed E-state index contributed by atoms with van der Waals surface area (Å²) in [5.41, 5.74) is 1.21. The minimum absolute atomic E-state index is 0.189. The highest BCUT2D eigenvalue weighted by Gasteiger charge is 2.29. The third-order valence-electron chi connectivity index (χ3n) is 3.92. The summed E-state index contributed by atoms with van der Waals surface area (Å²) < 4.78 is 9.70. The summed E-state index contributed by atoms with van der Waals surface area (Å²) in [6.07, 6.45) is 2.43. The van der Waals surface area contributed by atoms with Crippen LogP contribution in [0, 0.1) is 5.92 Å². The van der Waals surface area contributed by atoms with Crippen LogP contribution in [-0.4, -0.2) is 42.6 Å². The van der Waals surface area contributed by atoms with Crippen LogP contribution in [0.15, 0.2) is 6.07 Å². The smallest absolute Gasteiger partial charge is 0.416 e. The van der Waals surface area contributed by atoms with Crippen molar-refractivity contribution in [2.75, 3.05) is 19.8 Å². The molecule has 2 aliphatic rings. The molecule has 1 aromatic rings. The van der Waals surface area contributed by atoms with Gasteiger partial charge in [0.05, 0.1) is 6.54 Å². The third-order valence-corrected chi connectivity index (χ3v) is 5.14. The van der Waals surface area contributed by atoms with Crippen molar-refractivity contribution in [3.05, 3.63) is 21.4 Å². The molecule has 1 aliphatic heterocycles. The summed E-state index contributed by atoms with van der Waals surface area (Å²) in [6, 6.07) is 1.87. The summed E-state index contributed by atoms with van der Waals surface area (Å²) in [4.78, 5) is 37.8. The first kappa shape index (κ1) is 15.0. The van der Waals surface area contributed by atoms with Crippen LogP contribution < -0.4 is 0 Å². The molecule has 1 aromatic heterocycles. The number of imide groups is 1. The second-order valence-corrected chi connectivity index (χ2v) is 6.78. The lowest BCUT2D eigenvalue weighted by molar-refractivity contribution is -0.131. The highest BCUT2D eigenvalue weighted by atomic mass is 32.1. The Balaban J connectivity index is 1.58. The number of hydrogen-bond donors (Lipinski definition) is 0. The minimum atomic E-state index is -0.679. The maximum absolute atomic E-state index is 12.0.